The predicted octanol–water partition coefficient (Wildman–Crippen LogP) is 2.52. The average Bonchev–Trinajstić information content (AvgIpc) is 2.25. The highest BCUT2D eigenvalue weighted by Gasteiger charge is 2.16. The molecule has 0 amide bonds. The van der Waals surface area contributed by atoms with Crippen molar-refractivity contribution in [1.29, 1.82) is 5.26 Å². The Morgan fingerprint density at radius 2 is 1.93 bits per heavy atom. The molecule has 1 heterocycles. The fourth-order valence-corrected chi connectivity index (χ4v) is 1.33. The zero-order chi connectivity index (χ0) is 11.0. The van der Waals surface area contributed by atoms with Crippen molar-refractivity contribution in [2.24, 2.45) is 0 Å². The highest BCUT2D eigenvalue weighted by Crippen LogP contribution is 2.24. The van der Waals surface area contributed by atoms with Gasteiger partial charge in [-0.3, -0.25) is 0 Å². The fraction of sp³-hybridized carbons (Fsp3) is 0. The number of aromatic nitrogens is 1. The predicted molar refractivity (Wildman–Crippen MR) is 46.3 cm³/mol. The van der Waals surface area contributed by atoms with Crippen LogP contribution >= 0.6 is 0 Å². The lowest BCUT2D eigenvalue weighted by Gasteiger charge is -2.02. The molecule has 2 nitrogen and oxygen atoms in total. The number of nitriles is 1. The van der Waals surface area contributed by atoms with Gasteiger partial charge in [-0.15, -0.1) is 0 Å². The summed E-state index contributed by atoms with van der Waals surface area (Å²) in [5.74, 6) is -4.25. The number of fused-ring (bicyclic) bond motifs is 1. The highest BCUT2D eigenvalue weighted by molar-refractivity contribution is 5.87. The number of benzene rings is 1. The molecule has 74 valence electrons. The van der Waals surface area contributed by atoms with Gasteiger partial charge in [-0.05, 0) is 17.5 Å². The van der Waals surface area contributed by atoms with Crippen molar-refractivity contribution < 1.29 is 13.2 Å². The van der Waals surface area contributed by atoms with Gasteiger partial charge in [-0.2, -0.15) is 5.26 Å². The van der Waals surface area contributed by atoms with Crippen molar-refractivity contribution in [2.45, 2.75) is 0 Å². The molecule has 0 saturated carbocycles. The topological polar surface area (TPSA) is 36.7 Å². The molecule has 0 atom stereocenters. The monoisotopic (exact) mass is 208 g/mol. The molecule has 2 rings (SSSR count). The van der Waals surface area contributed by atoms with Gasteiger partial charge in [0.15, 0.2) is 23.1 Å². The van der Waals surface area contributed by atoms with Crippen LogP contribution in [0, 0.1) is 28.8 Å². The molecule has 0 aliphatic carbocycles. The third-order valence-electron chi connectivity index (χ3n) is 1.99. The Labute approximate surface area is 82.6 Å². The van der Waals surface area contributed by atoms with E-state index in [2.05, 4.69) is 4.98 Å². The quantitative estimate of drug-likeness (QED) is 0.623. The van der Waals surface area contributed by atoms with Gasteiger partial charge in [0.1, 0.15) is 6.07 Å². The smallest absolute Gasteiger partial charge is 0.195 e. The van der Waals surface area contributed by atoms with Gasteiger partial charge in [0.2, 0.25) is 0 Å². The average molecular weight is 208 g/mol. The largest absolute Gasteiger partial charge is 0.245 e. The Bertz CT molecular complexity index is 587. The Hall–Kier alpha value is -2.09. The molecule has 0 N–H and O–H groups in total. The molecule has 0 unspecified atom stereocenters. The van der Waals surface area contributed by atoms with E-state index in [0.29, 0.717) is 0 Å². The van der Waals surface area contributed by atoms with Crippen LogP contribution in [0.25, 0.3) is 10.8 Å². The summed E-state index contributed by atoms with van der Waals surface area (Å²) in [5.41, 5.74) is -0.260. The fourth-order valence-electron chi connectivity index (χ4n) is 1.33. The van der Waals surface area contributed by atoms with Crippen LogP contribution < -0.4 is 0 Å². The summed E-state index contributed by atoms with van der Waals surface area (Å²) in [6.07, 6.45) is 1.23. The number of rotatable bonds is 0. The molecule has 5 heteroatoms. The van der Waals surface area contributed by atoms with Crippen LogP contribution in [0.5, 0.6) is 0 Å². The maximum atomic E-state index is 13.3. The zero-order valence-electron chi connectivity index (χ0n) is 7.26. The van der Waals surface area contributed by atoms with Crippen molar-refractivity contribution in [1.82, 2.24) is 4.98 Å². The standard InChI is InChI=1S/C10H3F3N2/c11-6-3-5-1-2-15-7(4-14)8(5)10(13)9(6)12/h1-3H. The molecule has 0 fully saturated rings. The van der Waals surface area contributed by atoms with Gasteiger partial charge >= 0.3 is 0 Å². The van der Waals surface area contributed by atoms with Gasteiger partial charge in [0, 0.05) is 6.20 Å². The van der Waals surface area contributed by atoms with Crippen LogP contribution in [-0.2, 0) is 0 Å². The van der Waals surface area contributed by atoms with E-state index < -0.39 is 17.5 Å². The van der Waals surface area contributed by atoms with Crippen molar-refractivity contribution in [2.75, 3.05) is 0 Å². The summed E-state index contributed by atoms with van der Waals surface area (Å²) >= 11 is 0. The third-order valence-corrected chi connectivity index (χ3v) is 1.99. The summed E-state index contributed by atoms with van der Waals surface area (Å²) in [6, 6.07) is 3.75. The van der Waals surface area contributed by atoms with E-state index in [1.807, 2.05) is 0 Å². The summed E-state index contributed by atoms with van der Waals surface area (Å²) in [4.78, 5) is 3.57. The normalized spacial score (nSPS) is 10.3. The molecule has 1 aromatic carbocycles. The molecule has 0 radical (unpaired) electrons. The Balaban J connectivity index is 3.01. The Morgan fingerprint density at radius 1 is 1.20 bits per heavy atom. The van der Waals surface area contributed by atoms with Gasteiger partial charge in [-0.1, -0.05) is 0 Å². The molecular formula is C10H3F3N2. The molecule has 0 saturated heterocycles. The summed E-state index contributed by atoms with van der Waals surface area (Å²) in [7, 11) is 0. The number of hydrogen-bond donors (Lipinski definition) is 0. The molecule has 0 aliphatic rings. The van der Waals surface area contributed by atoms with Crippen LogP contribution in [0.3, 0.4) is 0 Å². The maximum Gasteiger partial charge on any atom is 0.195 e. The zero-order valence-corrected chi connectivity index (χ0v) is 7.26. The second-order valence-electron chi connectivity index (χ2n) is 2.86. The first kappa shape index (κ1) is 9.46. The second kappa shape index (κ2) is 3.24. The lowest BCUT2D eigenvalue weighted by atomic mass is 10.1. The minimum Gasteiger partial charge on any atom is -0.245 e. The maximum absolute atomic E-state index is 13.3. The molecule has 0 spiro atoms. The first-order valence-corrected chi connectivity index (χ1v) is 3.97. The Kier molecular flexibility index (Phi) is 2.05. The van der Waals surface area contributed by atoms with Gasteiger partial charge in [-0.25, -0.2) is 18.2 Å². The first-order chi connectivity index (χ1) is 7.15. The molecule has 1 aromatic heterocycles. The van der Waals surface area contributed by atoms with Crippen molar-refractivity contribution in [3.05, 3.63) is 41.5 Å². The molecule has 15 heavy (non-hydrogen) atoms. The minimum absolute atomic E-state index is 0.109. The summed E-state index contributed by atoms with van der Waals surface area (Å²) in [5, 5.41) is 8.44. The van der Waals surface area contributed by atoms with Gasteiger partial charge in [0.25, 0.3) is 0 Å². The Morgan fingerprint density at radius 3 is 2.60 bits per heavy atom. The van der Waals surface area contributed by atoms with Crippen LogP contribution in [0.1, 0.15) is 5.69 Å². The van der Waals surface area contributed by atoms with Crippen LogP contribution in [0.2, 0.25) is 0 Å². The van der Waals surface area contributed by atoms with Crippen molar-refractivity contribution in [3.8, 4) is 6.07 Å². The first-order valence-electron chi connectivity index (χ1n) is 3.97. The van der Waals surface area contributed by atoms with E-state index >= 15 is 0 Å². The number of halogens is 3. The SMILES string of the molecule is N#Cc1nccc2cc(F)c(F)c(F)c12. The van der Waals surface area contributed by atoms with E-state index in [1.54, 1.807) is 6.07 Å². The van der Waals surface area contributed by atoms with Crippen molar-refractivity contribution >= 4 is 10.8 Å². The number of pyridine rings is 1. The summed E-state index contributed by atoms with van der Waals surface area (Å²) < 4.78 is 39.0. The van der Waals surface area contributed by atoms with Crippen LogP contribution in [-0.4, -0.2) is 4.98 Å². The van der Waals surface area contributed by atoms with Crippen LogP contribution in [0.4, 0.5) is 13.2 Å². The highest BCUT2D eigenvalue weighted by atomic mass is 19.2. The van der Waals surface area contributed by atoms with E-state index in [-0.39, 0.29) is 16.5 Å². The second-order valence-corrected chi connectivity index (χ2v) is 2.86. The minimum atomic E-state index is -1.59. The third kappa shape index (κ3) is 1.31. The number of hydrogen-bond acceptors (Lipinski definition) is 2. The van der Waals surface area contributed by atoms with Gasteiger partial charge in [0.05, 0.1) is 5.39 Å². The van der Waals surface area contributed by atoms with E-state index in [9.17, 15) is 13.2 Å². The lowest BCUT2D eigenvalue weighted by Crippen LogP contribution is -1.95. The molecular weight excluding hydrogens is 205 g/mol. The van der Waals surface area contributed by atoms with Crippen LogP contribution in [0.15, 0.2) is 18.3 Å². The van der Waals surface area contributed by atoms with E-state index in [0.717, 1.165) is 6.07 Å². The van der Waals surface area contributed by atoms with Crippen molar-refractivity contribution in [3.63, 3.8) is 0 Å². The lowest BCUT2D eigenvalue weighted by molar-refractivity contribution is 0.453. The van der Waals surface area contributed by atoms with E-state index in [4.69, 9.17) is 5.26 Å². The van der Waals surface area contributed by atoms with Gasteiger partial charge < -0.3 is 0 Å². The molecule has 0 bridgehead atoms. The number of nitrogens with zero attached hydrogens (tertiary/aromatic N) is 2. The summed E-state index contributed by atoms with van der Waals surface area (Å²) in [6.45, 7) is 0. The van der Waals surface area contributed by atoms with E-state index in [1.165, 1.54) is 12.3 Å². The molecule has 2 aromatic rings. The molecule has 0 aliphatic heterocycles.